The molecule has 0 bridgehead atoms. The maximum Gasteiger partial charge on any atom is 0.270 e. The number of nitro benzene ring substituents is 1. The van der Waals surface area contributed by atoms with E-state index in [4.69, 9.17) is 16.3 Å². The van der Waals surface area contributed by atoms with E-state index in [1.807, 2.05) is 0 Å². The first-order valence-electron chi connectivity index (χ1n) is 7.83. The largest absolute Gasteiger partial charge is 0.492 e. The molecule has 10 heteroatoms. The zero-order chi connectivity index (χ0) is 19.2. The molecule has 3 rings (SSSR count). The Hall–Kier alpha value is -3.46. The predicted molar refractivity (Wildman–Crippen MR) is 98.0 cm³/mol. The van der Waals surface area contributed by atoms with Gasteiger partial charge < -0.3 is 10.1 Å². The molecule has 1 N–H and O–H groups in total. The van der Waals surface area contributed by atoms with E-state index in [0.717, 1.165) is 6.07 Å². The molecule has 0 unspecified atom stereocenters. The molecule has 0 aliphatic carbocycles. The van der Waals surface area contributed by atoms with Crippen molar-refractivity contribution in [3.8, 4) is 5.75 Å². The van der Waals surface area contributed by atoms with Crippen molar-refractivity contribution in [3.05, 3.63) is 75.8 Å². The van der Waals surface area contributed by atoms with Gasteiger partial charge in [0.1, 0.15) is 25.0 Å². The number of halogens is 1. The van der Waals surface area contributed by atoms with E-state index in [0.29, 0.717) is 24.6 Å². The second-order valence-electron chi connectivity index (χ2n) is 5.41. The van der Waals surface area contributed by atoms with Crippen molar-refractivity contribution in [2.45, 2.75) is 6.54 Å². The van der Waals surface area contributed by atoms with Crippen LogP contribution in [0.4, 0.5) is 11.4 Å². The van der Waals surface area contributed by atoms with Gasteiger partial charge in [0, 0.05) is 23.9 Å². The number of benzene rings is 2. The third-order valence-corrected chi connectivity index (χ3v) is 3.88. The van der Waals surface area contributed by atoms with Gasteiger partial charge in [0.05, 0.1) is 22.1 Å². The number of carbonyl (C=O) groups is 1. The maximum atomic E-state index is 12.4. The van der Waals surface area contributed by atoms with Gasteiger partial charge in [-0.1, -0.05) is 17.7 Å². The molecule has 1 amide bonds. The molecule has 0 fully saturated rings. The Bertz CT molecular complexity index is 962. The molecule has 138 valence electrons. The fourth-order valence-corrected chi connectivity index (χ4v) is 2.47. The number of nitro groups is 1. The van der Waals surface area contributed by atoms with Crippen molar-refractivity contribution in [2.75, 3.05) is 11.9 Å². The number of hydrogen-bond acceptors (Lipinski definition) is 6. The third kappa shape index (κ3) is 4.79. The van der Waals surface area contributed by atoms with E-state index >= 15 is 0 Å². The lowest BCUT2D eigenvalue weighted by Gasteiger charge is -2.10. The number of non-ortho nitro benzene ring substituents is 1. The first-order chi connectivity index (χ1) is 13.0. The predicted octanol–water partition coefficient (Wildman–Crippen LogP) is 3.17. The number of hydrogen-bond donors (Lipinski definition) is 1. The van der Waals surface area contributed by atoms with Gasteiger partial charge in [-0.15, -0.1) is 0 Å². The van der Waals surface area contributed by atoms with Crippen LogP contribution in [0.15, 0.2) is 55.1 Å². The molecule has 0 saturated heterocycles. The summed E-state index contributed by atoms with van der Waals surface area (Å²) in [5.74, 6) is 0.00141. The minimum absolute atomic E-state index is 0.0170. The first kappa shape index (κ1) is 18.3. The molecule has 1 aromatic heterocycles. The second kappa shape index (κ2) is 8.28. The van der Waals surface area contributed by atoms with Crippen LogP contribution in [0.1, 0.15) is 10.4 Å². The summed E-state index contributed by atoms with van der Waals surface area (Å²) in [4.78, 5) is 26.5. The van der Waals surface area contributed by atoms with Crippen LogP contribution in [0.3, 0.4) is 0 Å². The molecule has 0 aliphatic rings. The van der Waals surface area contributed by atoms with Crippen molar-refractivity contribution in [1.82, 2.24) is 14.8 Å². The van der Waals surface area contributed by atoms with Crippen molar-refractivity contribution in [2.24, 2.45) is 0 Å². The second-order valence-corrected chi connectivity index (χ2v) is 5.82. The molecule has 1 heterocycles. The summed E-state index contributed by atoms with van der Waals surface area (Å²) < 4.78 is 7.26. The summed E-state index contributed by atoms with van der Waals surface area (Å²) in [6.07, 6.45) is 3.03. The summed E-state index contributed by atoms with van der Waals surface area (Å²) in [7, 11) is 0. The molecular weight excluding hydrogens is 374 g/mol. The van der Waals surface area contributed by atoms with Gasteiger partial charge in [0.15, 0.2) is 0 Å². The molecule has 0 spiro atoms. The Labute approximate surface area is 158 Å². The summed E-state index contributed by atoms with van der Waals surface area (Å²) in [5, 5.41) is 17.6. The molecule has 27 heavy (non-hydrogen) atoms. The molecule has 2 aromatic carbocycles. The summed E-state index contributed by atoms with van der Waals surface area (Å²) >= 11 is 5.99. The van der Waals surface area contributed by atoms with Crippen molar-refractivity contribution < 1.29 is 14.5 Å². The van der Waals surface area contributed by atoms with Gasteiger partial charge in [-0.05, 0) is 18.2 Å². The standard InChI is InChI=1S/C17H14ClN5O4/c18-16-5-4-13(23(25)26)9-15(16)17(24)21-12-2-1-3-14(8-12)27-7-6-22-11-19-10-20-22/h1-5,8-11H,6-7H2,(H,21,24). The van der Waals surface area contributed by atoms with Crippen LogP contribution in [-0.2, 0) is 6.54 Å². The SMILES string of the molecule is O=C(Nc1cccc(OCCn2cncn2)c1)c1cc([N+](=O)[O-])ccc1Cl. The highest BCUT2D eigenvalue weighted by atomic mass is 35.5. The number of amides is 1. The lowest BCUT2D eigenvalue weighted by atomic mass is 10.2. The topological polar surface area (TPSA) is 112 Å². The van der Waals surface area contributed by atoms with Crippen molar-refractivity contribution >= 4 is 28.9 Å². The van der Waals surface area contributed by atoms with Gasteiger partial charge >= 0.3 is 0 Å². The summed E-state index contributed by atoms with van der Waals surface area (Å²) in [6, 6.07) is 10.5. The number of anilines is 1. The average molecular weight is 388 g/mol. The highest BCUT2D eigenvalue weighted by Crippen LogP contribution is 2.24. The fourth-order valence-electron chi connectivity index (χ4n) is 2.27. The van der Waals surface area contributed by atoms with Gasteiger partial charge in [0.25, 0.3) is 11.6 Å². The van der Waals surface area contributed by atoms with Gasteiger partial charge in [-0.25, -0.2) is 9.67 Å². The lowest BCUT2D eigenvalue weighted by Crippen LogP contribution is -2.13. The molecule has 9 nitrogen and oxygen atoms in total. The normalized spacial score (nSPS) is 10.4. The number of ether oxygens (including phenoxy) is 1. The van der Waals surface area contributed by atoms with Crippen LogP contribution in [0.25, 0.3) is 0 Å². The Morgan fingerprint density at radius 2 is 2.15 bits per heavy atom. The average Bonchev–Trinajstić information content (AvgIpc) is 3.15. The third-order valence-electron chi connectivity index (χ3n) is 3.55. The monoisotopic (exact) mass is 387 g/mol. The number of nitrogens with zero attached hydrogens (tertiary/aromatic N) is 4. The van der Waals surface area contributed by atoms with Crippen LogP contribution in [0.5, 0.6) is 5.75 Å². The summed E-state index contributed by atoms with van der Waals surface area (Å²) in [5.41, 5.74) is 0.277. The molecule has 0 atom stereocenters. The highest BCUT2D eigenvalue weighted by Gasteiger charge is 2.16. The molecule has 0 radical (unpaired) electrons. The van der Waals surface area contributed by atoms with Crippen LogP contribution >= 0.6 is 11.6 Å². The molecule has 0 saturated carbocycles. The van der Waals surface area contributed by atoms with Crippen molar-refractivity contribution in [1.29, 1.82) is 0 Å². The maximum absolute atomic E-state index is 12.4. The lowest BCUT2D eigenvalue weighted by molar-refractivity contribution is -0.384. The van der Waals surface area contributed by atoms with Gasteiger partial charge in [0.2, 0.25) is 0 Å². The number of nitrogens with one attached hydrogen (secondary N) is 1. The van der Waals surface area contributed by atoms with Crippen LogP contribution in [-0.4, -0.2) is 32.2 Å². The zero-order valence-electron chi connectivity index (χ0n) is 13.9. The fraction of sp³-hybridized carbons (Fsp3) is 0.118. The smallest absolute Gasteiger partial charge is 0.270 e. The first-order valence-corrected chi connectivity index (χ1v) is 8.21. The minimum Gasteiger partial charge on any atom is -0.492 e. The molecule has 3 aromatic rings. The zero-order valence-corrected chi connectivity index (χ0v) is 14.7. The van der Waals surface area contributed by atoms with E-state index in [2.05, 4.69) is 15.4 Å². The summed E-state index contributed by atoms with van der Waals surface area (Å²) in [6.45, 7) is 0.900. The molecule has 0 aliphatic heterocycles. The number of carbonyl (C=O) groups excluding carboxylic acids is 1. The number of rotatable bonds is 7. The van der Waals surface area contributed by atoms with Crippen molar-refractivity contribution in [3.63, 3.8) is 0 Å². The van der Waals surface area contributed by atoms with Crippen LogP contribution in [0, 0.1) is 10.1 Å². The highest BCUT2D eigenvalue weighted by molar-refractivity contribution is 6.34. The minimum atomic E-state index is -0.587. The van der Waals surface area contributed by atoms with Crippen LogP contribution < -0.4 is 10.1 Å². The van der Waals surface area contributed by atoms with E-state index in [1.165, 1.54) is 18.5 Å². The van der Waals surface area contributed by atoms with Gasteiger partial charge in [-0.2, -0.15) is 5.10 Å². The Balaban J connectivity index is 1.66. The van der Waals surface area contributed by atoms with Crippen LogP contribution in [0.2, 0.25) is 5.02 Å². The van der Waals surface area contributed by atoms with Gasteiger partial charge in [-0.3, -0.25) is 14.9 Å². The van der Waals surface area contributed by atoms with E-state index < -0.39 is 10.8 Å². The Kier molecular flexibility index (Phi) is 5.62. The Morgan fingerprint density at radius 1 is 1.30 bits per heavy atom. The van der Waals surface area contributed by atoms with E-state index in [1.54, 1.807) is 35.3 Å². The quantitative estimate of drug-likeness (QED) is 0.492. The van der Waals surface area contributed by atoms with E-state index in [9.17, 15) is 14.9 Å². The van der Waals surface area contributed by atoms with E-state index in [-0.39, 0.29) is 16.3 Å². The Morgan fingerprint density at radius 3 is 2.89 bits per heavy atom. The number of aromatic nitrogens is 3. The molecular formula is C17H14ClN5O4.